The maximum Gasteiger partial charge on any atom is 0.328 e. The number of thiophene rings is 1. The summed E-state index contributed by atoms with van der Waals surface area (Å²) in [4.78, 5) is 24.7. The fourth-order valence-electron chi connectivity index (χ4n) is 2.21. The van der Waals surface area contributed by atoms with Crippen LogP contribution in [0, 0.1) is 5.92 Å². The number of hydrogen-bond acceptors (Lipinski definition) is 4. The Morgan fingerprint density at radius 3 is 2.59 bits per heavy atom. The van der Waals surface area contributed by atoms with Gasteiger partial charge in [0.05, 0.1) is 12.1 Å². The van der Waals surface area contributed by atoms with E-state index in [1.807, 2.05) is 38.1 Å². The van der Waals surface area contributed by atoms with Gasteiger partial charge in [0.15, 0.2) is 0 Å². The molecule has 1 amide bonds. The first-order valence-electron chi connectivity index (χ1n) is 6.99. The molecule has 1 heterocycles. The number of hydrogen-bond donors (Lipinski definition) is 1. The van der Waals surface area contributed by atoms with Gasteiger partial charge < -0.3 is 10.1 Å². The van der Waals surface area contributed by atoms with Crippen LogP contribution in [0.4, 0.5) is 0 Å². The molecular formula is C16H18ClNO3S. The molecule has 0 saturated heterocycles. The van der Waals surface area contributed by atoms with Gasteiger partial charge in [-0.3, -0.25) is 4.79 Å². The van der Waals surface area contributed by atoms with Crippen LogP contribution in [0.3, 0.4) is 0 Å². The average Bonchev–Trinajstić information content (AvgIpc) is 2.83. The zero-order valence-electron chi connectivity index (χ0n) is 12.7. The van der Waals surface area contributed by atoms with Crippen LogP contribution in [-0.4, -0.2) is 25.0 Å². The first-order valence-corrected chi connectivity index (χ1v) is 8.19. The highest BCUT2D eigenvalue weighted by Gasteiger charge is 2.25. The molecule has 1 atom stereocenters. The summed E-state index contributed by atoms with van der Waals surface area (Å²) in [7, 11) is 1.31. The molecular weight excluding hydrogens is 322 g/mol. The molecule has 0 spiro atoms. The topological polar surface area (TPSA) is 55.4 Å². The largest absolute Gasteiger partial charge is 0.467 e. The second-order valence-electron chi connectivity index (χ2n) is 5.42. The van der Waals surface area contributed by atoms with E-state index in [0.29, 0.717) is 16.3 Å². The third-order valence-electron chi connectivity index (χ3n) is 3.24. The van der Waals surface area contributed by atoms with Gasteiger partial charge in [0.2, 0.25) is 0 Å². The summed E-state index contributed by atoms with van der Waals surface area (Å²) in [5.41, 5.74) is 0. The van der Waals surface area contributed by atoms with E-state index in [9.17, 15) is 9.59 Å². The third-order valence-corrected chi connectivity index (χ3v) is 4.91. The van der Waals surface area contributed by atoms with Crippen molar-refractivity contribution in [1.29, 1.82) is 0 Å². The summed E-state index contributed by atoms with van der Waals surface area (Å²) in [6.45, 7) is 3.96. The van der Waals surface area contributed by atoms with Crippen molar-refractivity contribution in [2.75, 3.05) is 7.11 Å². The van der Waals surface area contributed by atoms with E-state index in [1.165, 1.54) is 18.4 Å². The summed E-state index contributed by atoms with van der Waals surface area (Å²) >= 11 is 7.60. The van der Waals surface area contributed by atoms with Gasteiger partial charge in [0.25, 0.3) is 5.91 Å². The smallest absolute Gasteiger partial charge is 0.328 e. The summed E-state index contributed by atoms with van der Waals surface area (Å²) in [6.07, 6.45) is 0.515. The zero-order chi connectivity index (χ0) is 16.3. The van der Waals surface area contributed by atoms with Gasteiger partial charge in [-0.25, -0.2) is 4.79 Å². The van der Waals surface area contributed by atoms with E-state index in [4.69, 9.17) is 16.3 Å². The average molecular weight is 340 g/mol. The molecule has 0 saturated carbocycles. The Hall–Kier alpha value is -1.59. The van der Waals surface area contributed by atoms with Gasteiger partial charge in [-0.1, -0.05) is 43.6 Å². The molecule has 4 nitrogen and oxygen atoms in total. The lowest BCUT2D eigenvalue weighted by Gasteiger charge is -2.17. The molecule has 6 heteroatoms. The van der Waals surface area contributed by atoms with Crippen molar-refractivity contribution in [2.45, 2.75) is 26.3 Å². The number of fused-ring (bicyclic) bond motifs is 1. The standard InChI is InChI=1S/C16H18ClNO3S/c1-9(2)8-11(16(20)21-3)18-15(19)14-13(17)10-6-4-5-7-12(10)22-14/h4-7,9,11H,8H2,1-3H3,(H,18,19)/t11-/m1/s1. The molecule has 0 bridgehead atoms. The van der Waals surface area contributed by atoms with Crippen molar-refractivity contribution in [3.8, 4) is 0 Å². The Morgan fingerprint density at radius 2 is 2.00 bits per heavy atom. The lowest BCUT2D eigenvalue weighted by Crippen LogP contribution is -2.42. The number of ether oxygens (including phenoxy) is 1. The number of benzene rings is 1. The highest BCUT2D eigenvalue weighted by molar-refractivity contribution is 7.21. The number of nitrogens with one attached hydrogen (secondary N) is 1. The van der Waals surface area contributed by atoms with Crippen LogP contribution in [0.25, 0.3) is 10.1 Å². The molecule has 2 aromatic rings. The maximum atomic E-state index is 12.5. The lowest BCUT2D eigenvalue weighted by molar-refractivity contribution is -0.143. The second-order valence-corrected chi connectivity index (χ2v) is 6.85. The molecule has 0 aliphatic carbocycles. The van der Waals surface area contributed by atoms with Gasteiger partial charge in [-0.15, -0.1) is 11.3 Å². The van der Waals surface area contributed by atoms with Crippen LogP contribution < -0.4 is 5.32 Å². The van der Waals surface area contributed by atoms with Crippen molar-refractivity contribution in [2.24, 2.45) is 5.92 Å². The Morgan fingerprint density at radius 1 is 1.32 bits per heavy atom. The first-order chi connectivity index (χ1) is 10.4. The Labute approximate surface area is 138 Å². The zero-order valence-corrected chi connectivity index (χ0v) is 14.3. The summed E-state index contributed by atoms with van der Waals surface area (Å²) in [5.74, 6) is -0.538. The van der Waals surface area contributed by atoms with Gasteiger partial charge in [-0.05, 0) is 18.4 Å². The molecule has 0 unspecified atom stereocenters. The number of carbonyl (C=O) groups is 2. The van der Waals surface area contributed by atoms with E-state index in [-0.39, 0.29) is 11.8 Å². The molecule has 1 aromatic carbocycles. The Balaban J connectivity index is 2.25. The summed E-state index contributed by atoms with van der Waals surface area (Å²) < 4.78 is 5.70. The lowest BCUT2D eigenvalue weighted by atomic mass is 10.0. The van der Waals surface area contributed by atoms with Crippen LogP contribution in [0.5, 0.6) is 0 Å². The second kappa shape index (κ2) is 7.11. The fourth-order valence-corrected chi connectivity index (χ4v) is 3.63. The van der Waals surface area contributed by atoms with Crippen molar-refractivity contribution in [3.63, 3.8) is 0 Å². The minimum Gasteiger partial charge on any atom is -0.467 e. The van der Waals surface area contributed by atoms with Gasteiger partial charge >= 0.3 is 5.97 Å². The Kier molecular flexibility index (Phi) is 5.42. The Bertz CT molecular complexity index is 696. The molecule has 0 aliphatic heterocycles. The van der Waals surface area contributed by atoms with Crippen molar-refractivity contribution < 1.29 is 14.3 Å². The normalized spacial score (nSPS) is 12.4. The number of carbonyl (C=O) groups excluding carboxylic acids is 2. The minimum absolute atomic E-state index is 0.252. The SMILES string of the molecule is COC(=O)[C@@H](CC(C)C)NC(=O)c1sc2ccccc2c1Cl. The van der Waals surface area contributed by atoms with Crippen molar-refractivity contribution >= 4 is 44.9 Å². The number of amides is 1. The van der Waals surface area contributed by atoms with Crippen LogP contribution in [0.2, 0.25) is 5.02 Å². The molecule has 0 radical (unpaired) electrons. The first kappa shape index (κ1) is 16.8. The van der Waals surface area contributed by atoms with E-state index >= 15 is 0 Å². The van der Waals surface area contributed by atoms with Crippen LogP contribution in [-0.2, 0) is 9.53 Å². The molecule has 22 heavy (non-hydrogen) atoms. The van der Waals surface area contributed by atoms with Crippen molar-refractivity contribution in [1.82, 2.24) is 5.32 Å². The van der Waals surface area contributed by atoms with E-state index in [0.717, 1.165) is 10.1 Å². The van der Waals surface area contributed by atoms with Crippen LogP contribution in [0.15, 0.2) is 24.3 Å². The third kappa shape index (κ3) is 3.59. The van der Waals surface area contributed by atoms with Gasteiger partial charge in [-0.2, -0.15) is 0 Å². The van der Waals surface area contributed by atoms with Crippen molar-refractivity contribution in [3.05, 3.63) is 34.2 Å². The molecule has 118 valence electrons. The molecule has 0 fully saturated rings. The highest BCUT2D eigenvalue weighted by Crippen LogP contribution is 2.35. The van der Waals surface area contributed by atoms with Gasteiger partial charge in [0, 0.05) is 10.1 Å². The minimum atomic E-state index is -0.668. The molecule has 0 aliphatic rings. The van der Waals surface area contributed by atoms with E-state index in [2.05, 4.69) is 5.32 Å². The maximum absolute atomic E-state index is 12.5. The number of esters is 1. The van der Waals surface area contributed by atoms with E-state index < -0.39 is 12.0 Å². The number of halogens is 1. The number of methoxy groups -OCH3 is 1. The molecule has 1 N–H and O–H groups in total. The monoisotopic (exact) mass is 339 g/mol. The summed E-state index contributed by atoms with van der Waals surface area (Å²) in [6, 6.07) is 6.88. The van der Waals surface area contributed by atoms with Gasteiger partial charge in [0.1, 0.15) is 10.9 Å². The number of rotatable bonds is 5. The molecule has 2 rings (SSSR count). The van der Waals surface area contributed by atoms with Crippen LogP contribution >= 0.6 is 22.9 Å². The van der Waals surface area contributed by atoms with Crippen LogP contribution in [0.1, 0.15) is 29.9 Å². The van der Waals surface area contributed by atoms with E-state index in [1.54, 1.807) is 0 Å². The quantitative estimate of drug-likeness (QED) is 0.841. The predicted molar refractivity (Wildman–Crippen MR) is 89.6 cm³/mol. The summed E-state index contributed by atoms with van der Waals surface area (Å²) in [5, 5.41) is 4.00. The fraction of sp³-hybridized carbons (Fsp3) is 0.375. The predicted octanol–water partition coefficient (Wildman–Crippen LogP) is 3.87. The highest BCUT2D eigenvalue weighted by atomic mass is 35.5. The molecule has 1 aromatic heterocycles.